The van der Waals surface area contributed by atoms with E-state index in [0.29, 0.717) is 19.0 Å². The number of ether oxygens (including phenoxy) is 2. The molecule has 0 bridgehead atoms. The van der Waals surface area contributed by atoms with Crippen LogP contribution in [-0.4, -0.2) is 31.5 Å². The largest absolute Gasteiger partial charge is 0.490 e. The van der Waals surface area contributed by atoms with E-state index in [9.17, 15) is 4.39 Å². The summed E-state index contributed by atoms with van der Waals surface area (Å²) in [6, 6.07) is 3.72. The van der Waals surface area contributed by atoms with E-state index in [1.165, 1.54) is 0 Å². The van der Waals surface area contributed by atoms with Crippen molar-refractivity contribution in [1.82, 2.24) is 4.98 Å². The van der Waals surface area contributed by atoms with Gasteiger partial charge < -0.3 is 9.47 Å². The van der Waals surface area contributed by atoms with E-state index in [4.69, 9.17) is 9.47 Å². The molecule has 0 spiro atoms. The number of hydrogen-bond donors (Lipinski definition) is 0. The highest BCUT2D eigenvalue weighted by molar-refractivity contribution is 5.18. The van der Waals surface area contributed by atoms with Crippen LogP contribution in [0.1, 0.15) is 5.69 Å². The fourth-order valence-corrected chi connectivity index (χ4v) is 0.915. The Bertz CT molecular complexity index is 251. The van der Waals surface area contributed by atoms with Gasteiger partial charge in [-0.05, 0) is 19.1 Å². The van der Waals surface area contributed by atoms with Gasteiger partial charge in [0.2, 0.25) is 0 Å². The fraction of sp³-hybridized carbons (Fsp3) is 0.500. The van der Waals surface area contributed by atoms with E-state index in [1.54, 1.807) is 6.20 Å². The molecule has 0 aliphatic heterocycles. The molecule has 0 saturated heterocycles. The van der Waals surface area contributed by atoms with E-state index >= 15 is 0 Å². The Labute approximate surface area is 82.9 Å². The van der Waals surface area contributed by atoms with Crippen LogP contribution >= 0.6 is 0 Å². The van der Waals surface area contributed by atoms with Gasteiger partial charge in [0, 0.05) is 5.69 Å². The van der Waals surface area contributed by atoms with E-state index in [2.05, 4.69) is 4.98 Å². The predicted molar refractivity (Wildman–Crippen MR) is 51.3 cm³/mol. The highest BCUT2D eigenvalue weighted by atomic mass is 19.1. The smallest absolute Gasteiger partial charge is 0.137 e. The van der Waals surface area contributed by atoms with Crippen molar-refractivity contribution in [2.75, 3.05) is 26.5 Å². The summed E-state index contributed by atoms with van der Waals surface area (Å²) in [7, 11) is 0. The zero-order chi connectivity index (χ0) is 10.2. The molecule has 0 aromatic carbocycles. The zero-order valence-corrected chi connectivity index (χ0v) is 8.20. The van der Waals surface area contributed by atoms with E-state index in [1.807, 2.05) is 19.1 Å². The molecule has 0 atom stereocenters. The molecule has 0 aliphatic carbocycles. The van der Waals surface area contributed by atoms with Crippen LogP contribution in [0.15, 0.2) is 18.3 Å². The molecule has 1 aromatic heterocycles. The normalized spacial score (nSPS) is 10.1. The molecule has 14 heavy (non-hydrogen) atoms. The van der Waals surface area contributed by atoms with Crippen LogP contribution in [0, 0.1) is 6.92 Å². The Balaban J connectivity index is 2.15. The fourth-order valence-electron chi connectivity index (χ4n) is 0.915. The molecule has 3 nitrogen and oxygen atoms in total. The number of alkyl halides is 1. The number of aryl methyl sites for hydroxylation is 1. The third-order valence-electron chi connectivity index (χ3n) is 1.60. The van der Waals surface area contributed by atoms with Gasteiger partial charge in [-0.2, -0.15) is 0 Å². The first kappa shape index (κ1) is 10.9. The van der Waals surface area contributed by atoms with Crippen molar-refractivity contribution in [1.29, 1.82) is 0 Å². The average Bonchev–Trinajstić information content (AvgIpc) is 2.21. The number of pyridine rings is 1. The van der Waals surface area contributed by atoms with E-state index in [0.717, 1.165) is 5.69 Å². The maximum atomic E-state index is 11.6. The lowest BCUT2D eigenvalue weighted by atomic mass is 10.4. The summed E-state index contributed by atoms with van der Waals surface area (Å²) in [5, 5.41) is 0. The van der Waals surface area contributed by atoms with Gasteiger partial charge in [-0.15, -0.1) is 0 Å². The monoisotopic (exact) mass is 199 g/mol. The quantitative estimate of drug-likeness (QED) is 0.654. The Morgan fingerprint density at radius 2 is 2.14 bits per heavy atom. The summed E-state index contributed by atoms with van der Waals surface area (Å²) in [5.74, 6) is 0.708. The molecular formula is C10H14FNO2. The van der Waals surface area contributed by atoms with Crippen molar-refractivity contribution >= 4 is 0 Å². The zero-order valence-electron chi connectivity index (χ0n) is 8.20. The lowest BCUT2D eigenvalue weighted by Gasteiger charge is -2.05. The second kappa shape index (κ2) is 6.32. The minimum absolute atomic E-state index is 0.134. The predicted octanol–water partition coefficient (Wildman–Crippen LogP) is 1.75. The summed E-state index contributed by atoms with van der Waals surface area (Å²) in [4.78, 5) is 4.07. The molecule has 1 heterocycles. The van der Waals surface area contributed by atoms with Gasteiger partial charge in [-0.3, -0.25) is 4.98 Å². The van der Waals surface area contributed by atoms with Gasteiger partial charge in [-0.25, -0.2) is 4.39 Å². The average molecular weight is 199 g/mol. The molecule has 0 aliphatic rings. The summed E-state index contributed by atoms with van der Waals surface area (Å²) in [6.45, 7) is 2.41. The van der Waals surface area contributed by atoms with Gasteiger partial charge in [-0.1, -0.05) is 0 Å². The summed E-state index contributed by atoms with van der Waals surface area (Å²) < 4.78 is 21.8. The standard InChI is InChI=1S/C10H14FNO2/c1-9-2-3-10(8-12-9)14-7-6-13-5-4-11/h2-3,8H,4-7H2,1H3. The third kappa shape index (κ3) is 4.18. The van der Waals surface area contributed by atoms with Crippen molar-refractivity contribution in [2.24, 2.45) is 0 Å². The number of nitrogens with zero attached hydrogens (tertiary/aromatic N) is 1. The lowest BCUT2D eigenvalue weighted by Crippen LogP contribution is -2.08. The summed E-state index contributed by atoms with van der Waals surface area (Å²) in [5.41, 5.74) is 0.950. The number of hydrogen-bond acceptors (Lipinski definition) is 3. The number of halogens is 1. The van der Waals surface area contributed by atoms with Gasteiger partial charge in [0.15, 0.2) is 0 Å². The van der Waals surface area contributed by atoms with Gasteiger partial charge in [0.1, 0.15) is 19.0 Å². The first-order valence-corrected chi connectivity index (χ1v) is 4.52. The van der Waals surface area contributed by atoms with E-state index < -0.39 is 6.67 Å². The van der Waals surface area contributed by atoms with Crippen molar-refractivity contribution in [2.45, 2.75) is 6.92 Å². The van der Waals surface area contributed by atoms with Gasteiger partial charge in [0.05, 0.1) is 19.4 Å². The Morgan fingerprint density at radius 1 is 1.29 bits per heavy atom. The lowest BCUT2D eigenvalue weighted by molar-refractivity contribution is 0.0896. The highest BCUT2D eigenvalue weighted by Crippen LogP contribution is 2.07. The Kier molecular flexibility index (Phi) is 4.93. The molecule has 0 radical (unpaired) electrons. The Morgan fingerprint density at radius 3 is 2.79 bits per heavy atom. The third-order valence-corrected chi connectivity index (χ3v) is 1.60. The van der Waals surface area contributed by atoms with Crippen LogP contribution in [-0.2, 0) is 4.74 Å². The van der Waals surface area contributed by atoms with Crippen molar-refractivity contribution in [3.63, 3.8) is 0 Å². The molecule has 0 N–H and O–H groups in total. The molecule has 0 amide bonds. The van der Waals surface area contributed by atoms with Crippen LogP contribution in [0.25, 0.3) is 0 Å². The molecule has 1 aromatic rings. The van der Waals surface area contributed by atoms with Crippen LogP contribution in [0.5, 0.6) is 5.75 Å². The second-order valence-electron chi connectivity index (χ2n) is 2.79. The molecular weight excluding hydrogens is 185 g/mol. The number of aromatic nitrogens is 1. The first-order chi connectivity index (χ1) is 6.83. The molecule has 0 unspecified atom stereocenters. The minimum atomic E-state index is -0.452. The maximum absolute atomic E-state index is 11.6. The molecule has 78 valence electrons. The van der Waals surface area contributed by atoms with Crippen molar-refractivity contribution in [3.8, 4) is 5.75 Å². The Hall–Kier alpha value is -1.16. The van der Waals surface area contributed by atoms with Crippen molar-refractivity contribution in [3.05, 3.63) is 24.0 Å². The molecule has 0 saturated carbocycles. The van der Waals surface area contributed by atoms with E-state index in [-0.39, 0.29) is 6.61 Å². The van der Waals surface area contributed by atoms with Gasteiger partial charge >= 0.3 is 0 Å². The number of rotatable bonds is 6. The minimum Gasteiger partial charge on any atom is -0.490 e. The SMILES string of the molecule is Cc1ccc(OCCOCCF)cn1. The first-order valence-electron chi connectivity index (χ1n) is 4.52. The molecule has 0 fully saturated rings. The summed E-state index contributed by atoms with van der Waals surface area (Å²) >= 11 is 0. The second-order valence-corrected chi connectivity index (χ2v) is 2.79. The summed E-state index contributed by atoms with van der Waals surface area (Å²) in [6.07, 6.45) is 1.66. The molecule has 4 heteroatoms. The highest BCUT2D eigenvalue weighted by Gasteiger charge is 1.93. The van der Waals surface area contributed by atoms with Crippen LogP contribution in [0.3, 0.4) is 0 Å². The topological polar surface area (TPSA) is 31.4 Å². The maximum Gasteiger partial charge on any atom is 0.137 e. The van der Waals surface area contributed by atoms with Gasteiger partial charge in [0.25, 0.3) is 0 Å². The molecule has 1 rings (SSSR count). The van der Waals surface area contributed by atoms with Crippen LogP contribution < -0.4 is 4.74 Å². The van der Waals surface area contributed by atoms with Crippen molar-refractivity contribution < 1.29 is 13.9 Å². The van der Waals surface area contributed by atoms with Crippen LogP contribution in [0.4, 0.5) is 4.39 Å². The van der Waals surface area contributed by atoms with Crippen LogP contribution in [0.2, 0.25) is 0 Å².